The number of thiol groups is 2. The number of carboxylic acid groups (broad SMARTS) is 1. The number of phenolic OH excluding ortho intramolecular Hbond substituents is 1. The molecule has 2 aliphatic rings. The summed E-state index contributed by atoms with van der Waals surface area (Å²) in [7, 11) is 0. The standard InChI is InChI=1S/C61H93N15O16S2/c1-6-32(3)47(56(87)71-42(30-93)53(84)68-40(60(91)92)27-35-14-9-8-10-15-35)72-55(86)44-17-12-24-75(44)58(89)45-18-13-25-76(45)59(90)48(33(4)7-2)73-52(83)41(29-77)69-51(82)39(26-36-19-21-37(79)22-20-36)67-57(88)49(34(5)78)74-54(85)43(31-94)70-50(81)38(66-46(80)28-62)16-11-23-65-61(63)64/h8-10,14-15,19-22,32-34,38-45,47-49,77-79,93-94H,6-7,11-13,16-18,23-31,62H2,1-5H3,(H,66,80)(H,67,88)(H,68,84)(H,69,82)(H,70,81)(H,71,87)(H,72,86)(H,73,83)(H,74,85)(H,91,92)(H4,63,64,65)/t32-,33-,34+,38-,39-,40-,41-,42-,43-,44-,45-,47-,48-,49-/m0/s1. The van der Waals surface area contributed by atoms with E-state index in [1.165, 1.54) is 34.1 Å². The van der Waals surface area contributed by atoms with Crippen LogP contribution >= 0.6 is 25.3 Å². The van der Waals surface area contributed by atoms with Gasteiger partial charge in [-0.25, -0.2) is 4.79 Å². The van der Waals surface area contributed by atoms with Gasteiger partial charge in [-0.3, -0.25) is 58.1 Å². The number of aliphatic hydroxyl groups excluding tert-OH is 2. The van der Waals surface area contributed by atoms with Gasteiger partial charge in [-0.15, -0.1) is 0 Å². The van der Waals surface area contributed by atoms with Crippen molar-refractivity contribution in [3.8, 4) is 5.75 Å². The maximum atomic E-state index is 14.8. The van der Waals surface area contributed by atoms with Crippen LogP contribution in [0, 0.1) is 17.2 Å². The normalized spacial score (nSPS) is 18.2. The first-order chi connectivity index (χ1) is 44.6. The zero-order chi connectivity index (χ0) is 69.9. The summed E-state index contributed by atoms with van der Waals surface area (Å²) >= 11 is 8.44. The molecule has 2 heterocycles. The van der Waals surface area contributed by atoms with Crippen LogP contribution in [0.25, 0.3) is 0 Å². The molecule has 0 aromatic heterocycles. The van der Waals surface area contributed by atoms with Crippen LogP contribution < -0.4 is 64.6 Å². The summed E-state index contributed by atoms with van der Waals surface area (Å²) in [4.78, 5) is 168. The van der Waals surface area contributed by atoms with Crippen LogP contribution in [0.15, 0.2) is 54.6 Å². The SMILES string of the molecule is CC[C@H](C)[C@H](NC(=O)[C@@H]1CCCN1C(=O)[C@@H]1CCCN1C(=O)[C@@H](NC(=O)[C@H](CO)NC(=O)[C@H](Cc1ccc(O)cc1)NC(=O)[C@@H](NC(=O)[C@H](CS)NC(=O)[C@H](CCCNC(=N)N)NC(=O)CN)[C@@H](C)O)[C@@H](C)CC)C(=O)N[C@@H](CS)C(=O)N[C@@H](Cc1ccccc1)C(=O)O. The summed E-state index contributed by atoms with van der Waals surface area (Å²) in [6, 6.07) is -1.17. The molecule has 94 heavy (non-hydrogen) atoms. The number of hydrogen-bond acceptors (Lipinski definition) is 19. The molecule has 0 radical (unpaired) electrons. The summed E-state index contributed by atoms with van der Waals surface area (Å²) < 4.78 is 0. The molecular weight excluding hydrogens is 1260 g/mol. The molecule has 11 amide bonds. The predicted molar refractivity (Wildman–Crippen MR) is 350 cm³/mol. The highest BCUT2D eigenvalue weighted by molar-refractivity contribution is 7.80. The van der Waals surface area contributed by atoms with Crippen LogP contribution in [0.1, 0.15) is 97.1 Å². The largest absolute Gasteiger partial charge is 0.508 e. The minimum absolute atomic E-state index is 0.0141. The lowest BCUT2D eigenvalue weighted by atomic mass is 9.96. The lowest BCUT2D eigenvalue weighted by Gasteiger charge is -2.35. The third kappa shape index (κ3) is 23.3. The minimum Gasteiger partial charge on any atom is -0.508 e. The number of carboxylic acids is 1. The maximum absolute atomic E-state index is 14.8. The van der Waals surface area contributed by atoms with Crippen molar-refractivity contribution in [2.45, 2.75) is 171 Å². The number of carbonyl (C=O) groups excluding carboxylic acids is 11. The van der Waals surface area contributed by atoms with E-state index in [9.17, 15) is 78.0 Å². The fourth-order valence-corrected chi connectivity index (χ4v) is 11.1. The molecule has 2 saturated heterocycles. The Morgan fingerprint density at radius 2 is 1.07 bits per heavy atom. The van der Waals surface area contributed by atoms with Crippen LogP contribution in [0.4, 0.5) is 0 Å². The van der Waals surface area contributed by atoms with Crippen molar-refractivity contribution in [3.63, 3.8) is 0 Å². The highest BCUT2D eigenvalue weighted by atomic mass is 32.1. The molecule has 31 nitrogen and oxygen atoms in total. The average molecular weight is 1360 g/mol. The van der Waals surface area contributed by atoms with Gasteiger partial charge in [-0.2, -0.15) is 25.3 Å². The second kappa shape index (κ2) is 38.8. The summed E-state index contributed by atoms with van der Waals surface area (Å²) in [6.45, 7) is 6.93. The van der Waals surface area contributed by atoms with E-state index in [0.717, 1.165) is 6.92 Å². The van der Waals surface area contributed by atoms with Crippen molar-refractivity contribution < 1.29 is 78.0 Å². The number of benzene rings is 2. The van der Waals surface area contributed by atoms with Crippen LogP contribution in [-0.4, -0.2) is 224 Å². The molecule has 2 fully saturated rings. The number of nitrogens with one attached hydrogen (secondary N) is 11. The molecule has 0 unspecified atom stereocenters. The van der Waals surface area contributed by atoms with Gasteiger partial charge in [0, 0.05) is 44.0 Å². The molecule has 33 heteroatoms. The van der Waals surface area contributed by atoms with Gasteiger partial charge in [0.05, 0.1) is 19.3 Å². The average Bonchev–Trinajstić information content (AvgIpc) is 1.61. The van der Waals surface area contributed by atoms with Gasteiger partial charge in [0.1, 0.15) is 72.2 Å². The van der Waals surface area contributed by atoms with Crippen molar-refractivity contribution in [3.05, 3.63) is 65.7 Å². The molecule has 2 aliphatic heterocycles. The van der Waals surface area contributed by atoms with Crippen molar-refractivity contribution in [1.29, 1.82) is 5.41 Å². The van der Waals surface area contributed by atoms with E-state index in [4.69, 9.17) is 16.9 Å². The second-order valence-corrected chi connectivity index (χ2v) is 24.1. The van der Waals surface area contributed by atoms with Crippen LogP contribution in [0.2, 0.25) is 0 Å². The maximum Gasteiger partial charge on any atom is 0.326 e. The zero-order valence-corrected chi connectivity index (χ0v) is 55.2. The first-order valence-electron chi connectivity index (χ1n) is 31.3. The first-order valence-corrected chi connectivity index (χ1v) is 32.6. The predicted octanol–water partition coefficient (Wildman–Crippen LogP) is -3.85. The Balaban J connectivity index is 1.49. The third-order valence-electron chi connectivity index (χ3n) is 16.5. The molecule has 520 valence electrons. The first kappa shape index (κ1) is 78.2. The number of phenols is 1. The lowest BCUT2D eigenvalue weighted by molar-refractivity contribution is -0.149. The number of aliphatic carboxylic acids is 1. The van der Waals surface area contributed by atoms with Crippen LogP contribution in [-0.2, 0) is 70.4 Å². The van der Waals surface area contributed by atoms with Gasteiger partial charge < -0.3 is 94.9 Å². The summed E-state index contributed by atoms with van der Waals surface area (Å²) in [5.74, 6) is -12.7. The third-order valence-corrected chi connectivity index (χ3v) is 17.2. The van der Waals surface area contributed by atoms with Crippen molar-refractivity contribution in [2.24, 2.45) is 23.3 Å². The van der Waals surface area contributed by atoms with Gasteiger partial charge in [-0.1, -0.05) is 83.0 Å². The molecule has 14 atom stereocenters. The Morgan fingerprint density at radius 1 is 0.596 bits per heavy atom. The Labute approximate surface area is 556 Å². The zero-order valence-electron chi connectivity index (χ0n) is 53.4. The van der Waals surface area contributed by atoms with E-state index in [1.807, 2.05) is 0 Å². The number of amides is 11. The number of aliphatic hydroxyl groups is 2. The molecule has 0 aliphatic carbocycles. The highest BCUT2D eigenvalue weighted by Gasteiger charge is 2.46. The topological polar surface area (TPSA) is 488 Å². The van der Waals surface area contributed by atoms with Crippen molar-refractivity contribution in [2.75, 3.05) is 44.3 Å². The van der Waals surface area contributed by atoms with Gasteiger partial charge in [-0.05, 0) is 80.5 Å². The van der Waals surface area contributed by atoms with Gasteiger partial charge in [0.25, 0.3) is 0 Å². The van der Waals surface area contributed by atoms with E-state index < -0.39 is 168 Å². The molecule has 4 rings (SSSR count). The number of hydrogen-bond donors (Lipinski definition) is 19. The van der Waals surface area contributed by atoms with E-state index in [-0.39, 0.29) is 81.4 Å². The van der Waals surface area contributed by atoms with E-state index in [2.05, 4.69) is 78.4 Å². The molecule has 0 spiro atoms. The molecule has 0 bridgehead atoms. The second-order valence-electron chi connectivity index (χ2n) is 23.4. The molecular formula is C61H93N15O16S2. The fourth-order valence-electron chi connectivity index (χ4n) is 10.6. The number of nitrogens with two attached hydrogens (primary N) is 2. The van der Waals surface area contributed by atoms with Gasteiger partial charge >= 0.3 is 5.97 Å². The summed E-state index contributed by atoms with van der Waals surface area (Å²) in [5.41, 5.74) is 11.8. The van der Waals surface area contributed by atoms with E-state index in [1.54, 1.807) is 58.0 Å². The summed E-state index contributed by atoms with van der Waals surface area (Å²) in [5, 5.41) is 74.0. The number of guanidine groups is 1. The van der Waals surface area contributed by atoms with E-state index in [0.29, 0.717) is 36.8 Å². The quantitative estimate of drug-likeness (QED) is 0.0133. The Bertz CT molecular complexity index is 2950. The van der Waals surface area contributed by atoms with Crippen LogP contribution in [0.3, 0.4) is 0 Å². The monoisotopic (exact) mass is 1360 g/mol. The van der Waals surface area contributed by atoms with Crippen molar-refractivity contribution >= 4 is 102 Å². The highest BCUT2D eigenvalue weighted by Crippen LogP contribution is 2.28. The fraction of sp³-hybridized carbons (Fsp3) is 0.590. The smallest absolute Gasteiger partial charge is 0.326 e. The molecule has 2 aromatic carbocycles. The lowest BCUT2D eigenvalue weighted by Crippen LogP contribution is -2.63. The number of likely N-dealkylation sites (tertiary alicyclic amines) is 2. The molecule has 19 N–H and O–H groups in total. The van der Waals surface area contributed by atoms with Crippen LogP contribution in [0.5, 0.6) is 5.75 Å². The number of carbonyl (C=O) groups is 12. The number of nitrogens with zero attached hydrogens (tertiary/aromatic N) is 2. The number of rotatable bonds is 37. The molecule has 2 aromatic rings. The number of aromatic hydroxyl groups is 1. The summed E-state index contributed by atoms with van der Waals surface area (Å²) in [6.07, 6.45) is 0.0735. The Morgan fingerprint density at radius 3 is 1.64 bits per heavy atom. The van der Waals surface area contributed by atoms with Gasteiger partial charge in [0.15, 0.2) is 5.96 Å². The minimum atomic E-state index is -1.81. The van der Waals surface area contributed by atoms with E-state index >= 15 is 0 Å². The Hall–Kier alpha value is -8.27. The Kier molecular flexibility index (Phi) is 32.3. The molecule has 0 saturated carbocycles. The van der Waals surface area contributed by atoms with Gasteiger partial charge in [0.2, 0.25) is 65.0 Å². The van der Waals surface area contributed by atoms with Crippen molar-refractivity contribution in [1.82, 2.24) is 63.0 Å².